The molecule has 58 valence electrons. The smallest absolute Gasteiger partial charge is 0.0603 e. The van der Waals surface area contributed by atoms with Crippen molar-refractivity contribution >= 4 is 10.8 Å². The summed E-state index contributed by atoms with van der Waals surface area (Å²) in [6.45, 7) is 0.957. The molecule has 0 saturated carbocycles. The predicted octanol–water partition coefficient (Wildman–Crippen LogP) is 0.518. The molecule has 0 unspecified atom stereocenters. The molecule has 0 heterocycles. The summed E-state index contributed by atoms with van der Waals surface area (Å²) in [6, 6.07) is 0. The summed E-state index contributed by atoms with van der Waals surface area (Å²) in [5, 5.41) is 0. The summed E-state index contributed by atoms with van der Waals surface area (Å²) in [4.78, 5) is 0. The Morgan fingerprint density at radius 1 is 1.56 bits per heavy atom. The van der Waals surface area contributed by atoms with E-state index in [4.69, 9.17) is 9.11 Å². The monoisotopic (exact) mass is 155 g/mol. The van der Waals surface area contributed by atoms with Crippen molar-refractivity contribution in [2.24, 2.45) is 0 Å². The zero-order valence-electron chi connectivity index (χ0n) is 5.63. The lowest BCUT2D eigenvalue weighted by molar-refractivity contribution is 0.203. The van der Waals surface area contributed by atoms with Crippen molar-refractivity contribution in [3.05, 3.63) is 0 Å². The van der Waals surface area contributed by atoms with Gasteiger partial charge in [-0.2, -0.15) is 0 Å². The molecule has 0 atom stereocenters. The molecule has 0 aliphatic carbocycles. The first-order valence-corrected chi connectivity index (χ1v) is 4.48. The lowest BCUT2D eigenvalue weighted by atomic mass is 10.7. The lowest BCUT2D eigenvalue weighted by Gasteiger charge is -2.27. The number of hydrogen-bond acceptors (Lipinski definition) is 4. The molecule has 0 saturated heterocycles. The fourth-order valence-corrected chi connectivity index (χ4v) is 0.807. The van der Waals surface area contributed by atoms with E-state index in [9.17, 15) is 0 Å². The highest BCUT2D eigenvalue weighted by molar-refractivity contribution is 8.22. The molecule has 0 spiro atoms. The second kappa shape index (κ2) is 4.08. The van der Waals surface area contributed by atoms with Gasteiger partial charge in [-0.05, 0) is 0 Å². The first kappa shape index (κ1) is 9.19. The molecule has 0 bridgehead atoms. The lowest BCUT2D eigenvalue weighted by Crippen LogP contribution is -2.22. The van der Waals surface area contributed by atoms with Crippen LogP contribution in [0.4, 0.5) is 0 Å². The van der Waals surface area contributed by atoms with Gasteiger partial charge in [-0.25, -0.2) is 4.72 Å². The van der Waals surface area contributed by atoms with Crippen LogP contribution in [-0.4, -0.2) is 35.6 Å². The Balaban J connectivity index is 3.07. The van der Waals surface area contributed by atoms with E-state index in [0.29, 0.717) is 13.2 Å². The summed E-state index contributed by atoms with van der Waals surface area (Å²) < 4.78 is 24.6. The number of rotatable bonds is 4. The molecule has 4 nitrogen and oxygen atoms in total. The molecule has 0 aromatic heterocycles. The van der Waals surface area contributed by atoms with E-state index < -0.39 is 10.8 Å². The van der Waals surface area contributed by atoms with Gasteiger partial charge in [0, 0.05) is 19.9 Å². The largest absolute Gasteiger partial charge is 0.383 e. The Morgan fingerprint density at radius 3 is 2.44 bits per heavy atom. The molecule has 0 aromatic carbocycles. The second-order valence-electron chi connectivity index (χ2n) is 1.72. The maximum Gasteiger partial charge on any atom is 0.0603 e. The molecule has 5 heteroatoms. The van der Waals surface area contributed by atoms with Gasteiger partial charge < -0.3 is 4.74 Å². The van der Waals surface area contributed by atoms with E-state index in [1.807, 2.05) is 0 Å². The molecule has 0 aliphatic heterocycles. The first-order chi connectivity index (χ1) is 4.06. The highest BCUT2D eigenvalue weighted by atomic mass is 32.3. The van der Waals surface area contributed by atoms with Gasteiger partial charge in [-0.15, -0.1) is 10.8 Å². The summed E-state index contributed by atoms with van der Waals surface area (Å²) in [7, 11) is -0.968. The van der Waals surface area contributed by atoms with Crippen molar-refractivity contribution in [2.75, 3.05) is 26.5 Å². The first-order valence-electron chi connectivity index (χ1n) is 2.53. The Bertz CT molecular complexity index is 72.7. The number of ether oxygens (including phenoxy) is 1. The number of hydrogen-bond donors (Lipinski definition) is 3. The van der Waals surface area contributed by atoms with Crippen LogP contribution in [0.5, 0.6) is 0 Å². The van der Waals surface area contributed by atoms with Crippen molar-refractivity contribution in [3.63, 3.8) is 0 Å². The quantitative estimate of drug-likeness (QED) is 0.518. The van der Waals surface area contributed by atoms with Gasteiger partial charge >= 0.3 is 0 Å². The molecule has 0 rings (SSSR count). The molecule has 3 N–H and O–H groups in total. The van der Waals surface area contributed by atoms with E-state index >= 15 is 0 Å². The minimum Gasteiger partial charge on any atom is -0.383 e. The molecular weight excluding hydrogens is 142 g/mol. The van der Waals surface area contributed by atoms with Gasteiger partial charge in [0.2, 0.25) is 0 Å². The van der Waals surface area contributed by atoms with Gasteiger partial charge in [0.15, 0.2) is 0 Å². The van der Waals surface area contributed by atoms with Crippen molar-refractivity contribution in [1.82, 2.24) is 4.72 Å². The third-order valence-electron chi connectivity index (χ3n) is 0.682. The Morgan fingerprint density at radius 2 is 2.11 bits per heavy atom. The summed E-state index contributed by atoms with van der Waals surface area (Å²) in [5.41, 5.74) is 0. The van der Waals surface area contributed by atoms with E-state index in [1.165, 1.54) is 6.26 Å². The highest BCUT2D eigenvalue weighted by Crippen LogP contribution is 2.25. The molecule has 0 aromatic rings. The normalized spacial score (nSPS) is 13.8. The maximum absolute atomic E-state index is 8.72. The summed E-state index contributed by atoms with van der Waals surface area (Å²) in [6.07, 6.45) is 1.34. The highest BCUT2D eigenvalue weighted by Gasteiger charge is 1.98. The predicted molar refractivity (Wildman–Crippen MR) is 38.7 cm³/mol. The third kappa shape index (κ3) is 8.19. The van der Waals surface area contributed by atoms with Crippen molar-refractivity contribution in [1.29, 1.82) is 0 Å². The van der Waals surface area contributed by atoms with Crippen LogP contribution in [0.3, 0.4) is 0 Å². The van der Waals surface area contributed by atoms with Gasteiger partial charge in [0.25, 0.3) is 0 Å². The van der Waals surface area contributed by atoms with Crippen LogP contribution in [0, 0.1) is 0 Å². The van der Waals surface area contributed by atoms with Crippen LogP contribution in [0.2, 0.25) is 0 Å². The minimum absolute atomic E-state index is 0.468. The fraction of sp³-hybridized carbons (Fsp3) is 1.00. The van der Waals surface area contributed by atoms with E-state index in [2.05, 4.69) is 9.46 Å². The number of methoxy groups -OCH3 is 1. The zero-order valence-corrected chi connectivity index (χ0v) is 6.44. The average Bonchev–Trinajstić information content (AvgIpc) is 1.63. The van der Waals surface area contributed by atoms with Crippen LogP contribution in [-0.2, 0) is 4.74 Å². The molecule has 9 heavy (non-hydrogen) atoms. The molecule has 0 radical (unpaired) electrons. The molecular formula is C4H13NO3S. The van der Waals surface area contributed by atoms with Gasteiger partial charge in [-0.3, -0.25) is 9.11 Å². The second-order valence-corrected chi connectivity index (χ2v) is 3.68. The van der Waals surface area contributed by atoms with Crippen molar-refractivity contribution in [3.8, 4) is 0 Å². The third-order valence-corrected chi connectivity index (χ3v) is 1.43. The Hall–Kier alpha value is 0.190. The zero-order chi connectivity index (χ0) is 7.33. The van der Waals surface area contributed by atoms with Gasteiger partial charge in [0.05, 0.1) is 6.61 Å². The SMILES string of the molecule is COCCNS(C)(O)O. The van der Waals surface area contributed by atoms with Crippen LogP contribution in [0.25, 0.3) is 0 Å². The average molecular weight is 155 g/mol. The van der Waals surface area contributed by atoms with Crippen LogP contribution in [0.15, 0.2) is 0 Å². The number of nitrogens with one attached hydrogen (secondary N) is 1. The summed E-state index contributed by atoms with van der Waals surface area (Å²) >= 11 is 0. The molecule has 0 fully saturated rings. The van der Waals surface area contributed by atoms with Crippen LogP contribution in [0.1, 0.15) is 0 Å². The topological polar surface area (TPSA) is 61.7 Å². The fourth-order valence-electron chi connectivity index (χ4n) is 0.337. The van der Waals surface area contributed by atoms with E-state index in [-0.39, 0.29) is 0 Å². The van der Waals surface area contributed by atoms with Gasteiger partial charge in [-0.1, -0.05) is 0 Å². The standard InChI is InChI=1S/C4H13NO3S/c1-8-4-3-5-9(2,6)7/h5-7H,3-4H2,1-2H3. The van der Waals surface area contributed by atoms with Crippen molar-refractivity contribution in [2.45, 2.75) is 0 Å². The molecule has 0 aliphatic rings. The van der Waals surface area contributed by atoms with E-state index in [0.717, 1.165) is 0 Å². The van der Waals surface area contributed by atoms with E-state index in [1.54, 1.807) is 7.11 Å². The van der Waals surface area contributed by atoms with Crippen LogP contribution < -0.4 is 4.72 Å². The maximum atomic E-state index is 8.72. The minimum atomic E-state index is -2.53. The van der Waals surface area contributed by atoms with Crippen LogP contribution >= 0.6 is 10.8 Å². The summed E-state index contributed by atoms with van der Waals surface area (Å²) in [5.74, 6) is 0. The van der Waals surface area contributed by atoms with Gasteiger partial charge in [0.1, 0.15) is 0 Å². The Kier molecular flexibility index (Phi) is 4.16. The van der Waals surface area contributed by atoms with Crippen molar-refractivity contribution < 1.29 is 13.8 Å². The Labute approximate surface area is 56.7 Å². The molecule has 0 amide bonds.